The van der Waals surface area contributed by atoms with Gasteiger partial charge in [-0.2, -0.15) is 5.10 Å². The summed E-state index contributed by atoms with van der Waals surface area (Å²) in [6.45, 7) is 4.15. The van der Waals surface area contributed by atoms with E-state index in [1.54, 1.807) is 6.21 Å². The summed E-state index contributed by atoms with van der Waals surface area (Å²) < 4.78 is 1.05. The van der Waals surface area contributed by atoms with Gasteiger partial charge in [-0.05, 0) is 54.8 Å². The molecule has 3 rings (SSSR count). The highest BCUT2D eigenvalue weighted by Gasteiger charge is 2.12. The summed E-state index contributed by atoms with van der Waals surface area (Å²) in [5.41, 5.74) is 16.1. The number of fused-ring (bicyclic) bond motifs is 3. The van der Waals surface area contributed by atoms with E-state index in [-0.39, 0.29) is 5.96 Å². The second-order valence-corrected chi connectivity index (χ2v) is 6.16. The first-order chi connectivity index (χ1) is 10.5. The Hall–Kier alpha value is -2.34. The molecule has 6 heteroatoms. The Bertz CT molecular complexity index is 933. The molecular weight excluding hydrogens is 342 g/mol. The zero-order valence-electron chi connectivity index (χ0n) is 12.3. The van der Waals surface area contributed by atoms with Crippen molar-refractivity contribution in [2.24, 2.45) is 21.7 Å². The lowest BCUT2D eigenvalue weighted by Gasteiger charge is -2.05. The summed E-state index contributed by atoms with van der Waals surface area (Å²) in [4.78, 5) is 3.48. The number of hydrogen-bond donors (Lipinski definition) is 3. The standard InChI is InChI=1S/C16H16BrN5/c1-8-5-10(7-20-22-16(18)19)9(2)14-12-6-11(17)3-4-13(12)21-15(8)14/h3-7,21H,1-2H3,(H4,18,19,22). The minimum Gasteiger partial charge on any atom is -0.369 e. The quantitative estimate of drug-likeness (QED) is 0.373. The maximum absolute atomic E-state index is 5.29. The number of nitrogens with two attached hydrogens (primary N) is 2. The topological polar surface area (TPSA) is 92.5 Å². The number of benzene rings is 2. The lowest BCUT2D eigenvalue weighted by atomic mass is 9.99. The fourth-order valence-electron chi connectivity index (χ4n) is 2.70. The molecule has 1 aromatic heterocycles. The van der Waals surface area contributed by atoms with E-state index in [9.17, 15) is 0 Å². The monoisotopic (exact) mass is 357 g/mol. The fourth-order valence-corrected chi connectivity index (χ4v) is 3.06. The lowest BCUT2D eigenvalue weighted by molar-refractivity contribution is 1.21. The average molecular weight is 358 g/mol. The molecule has 0 amide bonds. The lowest BCUT2D eigenvalue weighted by Crippen LogP contribution is -2.21. The van der Waals surface area contributed by atoms with Gasteiger partial charge in [0, 0.05) is 26.3 Å². The van der Waals surface area contributed by atoms with Crippen LogP contribution in [-0.4, -0.2) is 17.2 Å². The highest BCUT2D eigenvalue weighted by atomic mass is 79.9. The van der Waals surface area contributed by atoms with Gasteiger partial charge in [-0.15, -0.1) is 5.10 Å². The average Bonchev–Trinajstić information content (AvgIpc) is 2.83. The first-order valence-electron chi connectivity index (χ1n) is 6.80. The van der Waals surface area contributed by atoms with Crippen molar-refractivity contribution in [3.05, 3.63) is 45.4 Å². The molecule has 1 heterocycles. The van der Waals surface area contributed by atoms with Crippen LogP contribution in [0.2, 0.25) is 0 Å². The Morgan fingerprint density at radius 1 is 1.23 bits per heavy atom. The van der Waals surface area contributed by atoms with Crippen LogP contribution in [0.15, 0.2) is 38.9 Å². The van der Waals surface area contributed by atoms with Crippen LogP contribution in [0.3, 0.4) is 0 Å². The highest BCUT2D eigenvalue weighted by Crippen LogP contribution is 2.33. The number of nitrogens with one attached hydrogen (secondary N) is 1. The van der Waals surface area contributed by atoms with E-state index < -0.39 is 0 Å². The summed E-state index contributed by atoms with van der Waals surface area (Å²) >= 11 is 3.54. The Labute approximate surface area is 136 Å². The van der Waals surface area contributed by atoms with Gasteiger partial charge in [-0.1, -0.05) is 15.9 Å². The van der Waals surface area contributed by atoms with E-state index >= 15 is 0 Å². The number of H-pyrrole nitrogens is 1. The number of aromatic amines is 1. The van der Waals surface area contributed by atoms with Gasteiger partial charge in [0.15, 0.2) is 0 Å². The number of hydrogen-bond acceptors (Lipinski definition) is 2. The Morgan fingerprint density at radius 3 is 2.73 bits per heavy atom. The van der Waals surface area contributed by atoms with Gasteiger partial charge in [0.1, 0.15) is 0 Å². The molecule has 2 aromatic carbocycles. The second-order valence-electron chi connectivity index (χ2n) is 5.24. The van der Waals surface area contributed by atoms with Gasteiger partial charge in [-0.25, -0.2) is 0 Å². The van der Waals surface area contributed by atoms with Gasteiger partial charge in [0.05, 0.1) is 6.21 Å². The minimum atomic E-state index is -0.0530. The van der Waals surface area contributed by atoms with E-state index in [2.05, 4.69) is 63.2 Å². The predicted octanol–water partition coefficient (Wildman–Crippen LogP) is 3.31. The number of guanidine groups is 1. The Morgan fingerprint density at radius 2 is 2.00 bits per heavy atom. The molecule has 5 N–H and O–H groups in total. The zero-order valence-corrected chi connectivity index (χ0v) is 13.9. The van der Waals surface area contributed by atoms with Crippen LogP contribution in [0.1, 0.15) is 16.7 Å². The summed E-state index contributed by atoms with van der Waals surface area (Å²) in [5, 5.41) is 9.97. The second kappa shape index (κ2) is 5.46. The number of nitrogens with zero attached hydrogens (tertiary/aromatic N) is 2. The van der Waals surface area contributed by atoms with Crippen LogP contribution in [0, 0.1) is 13.8 Å². The van der Waals surface area contributed by atoms with Crippen molar-refractivity contribution in [2.75, 3.05) is 0 Å². The normalized spacial score (nSPS) is 11.6. The molecule has 0 aliphatic heterocycles. The van der Waals surface area contributed by atoms with Crippen LogP contribution in [0.5, 0.6) is 0 Å². The van der Waals surface area contributed by atoms with Crippen LogP contribution in [-0.2, 0) is 0 Å². The summed E-state index contributed by atoms with van der Waals surface area (Å²) in [6, 6.07) is 8.31. The molecule has 0 fully saturated rings. The van der Waals surface area contributed by atoms with Crippen LogP contribution in [0.4, 0.5) is 0 Å². The molecule has 0 bridgehead atoms. The van der Waals surface area contributed by atoms with Gasteiger partial charge >= 0.3 is 0 Å². The number of aryl methyl sites for hydroxylation is 2. The van der Waals surface area contributed by atoms with Gasteiger partial charge < -0.3 is 16.5 Å². The maximum atomic E-state index is 5.29. The Kier molecular flexibility index (Phi) is 3.62. The van der Waals surface area contributed by atoms with E-state index in [4.69, 9.17) is 11.5 Å². The van der Waals surface area contributed by atoms with Crippen molar-refractivity contribution >= 4 is 49.9 Å². The van der Waals surface area contributed by atoms with E-state index in [1.807, 2.05) is 6.07 Å². The molecule has 0 saturated carbocycles. The molecule has 0 unspecified atom stereocenters. The molecule has 22 heavy (non-hydrogen) atoms. The molecule has 0 aliphatic carbocycles. The fraction of sp³-hybridized carbons (Fsp3) is 0.125. The van der Waals surface area contributed by atoms with Crippen LogP contribution in [0.25, 0.3) is 21.8 Å². The van der Waals surface area contributed by atoms with Crippen molar-refractivity contribution in [2.45, 2.75) is 13.8 Å². The van der Waals surface area contributed by atoms with Gasteiger partial charge in [0.25, 0.3) is 0 Å². The number of rotatable bonds is 2. The van der Waals surface area contributed by atoms with Crippen molar-refractivity contribution < 1.29 is 0 Å². The SMILES string of the molecule is Cc1cc(C=NN=C(N)N)c(C)c2c1[nH]c1ccc(Br)cc12. The van der Waals surface area contributed by atoms with E-state index in [0.29, 0.717) is 0 Å². The van der Waals surface area contributed by atoms with Crippen molar-refractivity contribution in [1.29, 1.82) is 0 Å². The molecule has 0 spiro atoms. The Balaban J connectivity index is 2.31. The highest BCUT2D eigenvalue weighted by molar-refractivity contribution is 9.10. The van der Waals surface area contributed by atoms with E-state index in [0.717, 1.165) is 32.2 Å². The molecule has 0 saturated heterocycles. The minimum absolute atomic E-state index is 0.0530. The summed E-state index contributed by atoms with van der Waals surface area (Å²) in [5.74, 6) is -0.0530. The first-order valence-corrected chi connectivity index (χ1v) is 7.60. The molecule has 0 aliphatic rings. The van der Waals surface area contributed by atoms with Crippen molar-refractivity contribution in [3.8, 4) is 0 Å². The van der Waals surface area contributed by atoms with Crippen LogP contribution >= 0.6 is 15.9 Å². The maximum Gasteiger partial charge on any atom is 0.211 e. The number of aromatic nitrogens is 1. The molecule has 112 valence electrons. The summed E-state index contributed by atoms with van der Waals surface area (Å²) in [7, 11) is 0. The molecule has 5 nitrogen and oxygen atoms in total. The predicted molar refractivity (Wildman–Crippen MR) is 96.4 cm³/mol. The number of halogens is 1. The van der Waals surface area contributed by atoms with E-state index in [1.165, 1.54) is 10.8 Å². The summed E-state index contributed by atoms with van der Waals surface area (Å²) in [6.07, 6.45) is 1.68. The molecule has 3 aromatic rings. The van der Waals surface area contributed by atoms with Gasteiger partial charge in [-0.3, -0.25) is 0 Å². The molecule has 0 atom stereocenters. The van der Waals surface area contributed by atoms with Crippen LogP contribution < -0.4 is 11.5 Å². The van der Waals surface area contributed by atoms with Crippen molar-refractivity contribution in [3.63, 3.8) is 0 Å². The smallest absolute Gasteiger partial charge is 0.211 e. The zero-order chi connectivity index (χ0) is 15.9. The van der Waals surface area contributed by atoms with Gasteiger partial charge in [0.2, 0.25) is 5.96 Å². The third-order valence-electron chi connectivity index (χ3n) is 3.71. The molecular formula is C16H16BrN5. The van der Waals surface area contributed by atoms with Crippen molar-refractivity contribution in [1.82, 2.24) is 4.98 Å². The third-order valence-corrected chi connectivity index (χ3v) is 4.20. The third kappa shape index (κ3) is 2.46. The largest absolute Gasteiger partial charge is 0.369 e. The molecule has 0 radical (unpaired) electrons. The first kappa shape index (κ1) is 14.6.